The van der Waals surface area contributed by atoms with Crippen molar-refractivity contribution in [3.63, 3.8) is 0 Å². The Kier molecular flexibility index (Phi) is 4.84. The molecule has 2 rings (SSSR count). The predicted molar refractivity (Wildman–Crippen MR) is 75.4 cm³/mol. The van der Waals surface area contributed by atoms with Gasteiger partial charge in [0.25, 0.3) is 0 Å². The molecular formula is C11H11Cl2N3O4S. The number of aliphatic hydroxyl groups excluding tert-OH is 1. The number of sulfonamides is 1. The third-order valence-corrected chi connectivity index (χ3v) is 4.93. The zero-order valence-corrected chi connectivity index (χ0v) is 13.1. The van der Waals surface area contributed by atoms with Crippen molar-refractivity contribution in [3.8, 4) is 0 Å². The summed E-state index contributed by atoms with van der Waals surface area (Å²) in [5.74, 6) is 0.528. The SMILES string of the molecule is Cc1nc(CNS(=O)(=O)c2ccc(Cl)c(CO)c2Cl)no1. The fraction of sp³-hybridized carbons (Fsp3) is 0.273. The average molecular weight is 352 g/mol. The van der Waals surface area contributed by atoms with Crippen LogP contribution < -0.4 is 4.72 Å². The molecule has 0 saturated heterocycles. The van der Waals surface area contributed by atoms with Crippen molar-refractivity contribution in [3.05, 3.63) is 39.5 Å². The summed E-state index contributed by atoms with van der Waals surface area (Å²) < 4.78 is 31.4. The van der Waals surface area contributed by atoms with Crippen molar-refractivity contribution in [2.75, 3.05) is 0 Å². The molecule has 7 nitrogen and oxygen atoms in total. The minimum absolute atomic E-state index is 0.123. The van der Waals surface area contributed by atoms with E-state index in [-0.39, 0.29) is 32.9 Å². The van der Waals surface area contributed by atoms with Gasteiger partial charge in [-0.15, -0.1) is 0 Å². The second-order valence-electron chi connectivity index (χ2n) is 4.05. The maximum absolute atomic E-state index is 12.2. The van der Waals surface area contributed by atoms with Gasteiger partial charge in [-0.1, -0.05) is 28.4 Å². The van der Waals surface area contributed by atoms with E-state index in [0.717, 1.165) is 0 Å². The highest BCUT2D eigenvalue weighted by Crippen LogP contribution is 2.31. The molecule has 0 aliphatic heterocycles. The Morgan fingerprint density at radius 2 is 2.10 bits per heavy atom. The molecule has 2 N–H and O–H groups in total. The molecule has 1 aromatic carbocycles. The number of aliphatic hydroxyl groups is 1. The first kappa shape index (κ1) is 16.2. The molecule has 2 aromatic rings. The van der Waals surface area contributed by atoms with E-state index < -0.39 is 16.6 Å². The van der Waals surface area contributed by atoms with Gasteiger partial charge >= 0.3 is 0 Å². The number of benzene rings is 1. The Morgan fingerprint density at radius 1 is 1.38 bits per heavy atom. The summed E-state index contributed by atoms with van der Waals surface area (Å²) in [7, 11) is -3.90. The lowest BCUT2D eigenvalue weighted by Crippen LogP contribution is -2.24. The number of rotatable bonds is 5. The Bertz CT molecular complexity index is 761. The van der Waals surface area contributed by atoms with E-state index in [0.29, 0.717) is 5.89 Å². The van der Waals surface area contributed by atoms with Crippen molar-refractivity contribution >= 4 is 33.2 Å². The van der Waals surface area contributed by atoms with Crippen LogP contribution in [0.1, 0.15) is 17.3 Å². The molecular weight excluding hydrogens is 341 g/mol. The van der Waals surface area contributed by atoms with Crippen LogP contribution in [0.3, 0.4) is 0 Å². The Balaban J connectivity index is 2.27. The van der Waals surface area contributed by atoms with Gasteiger partial charge < -0.3 is 9.63 Å². The summed E-state index contributed by atoms with van der Waals surface area (Å²) >= 11 is 11.8. The third kappa shape index (κ3) is 3.53. The molecule has 1 heterocycles. The lowest BCUT2D eigenvalue weighted by Gasteiger charge is -2.10. The highest BCUT2D eigenvalue weighted by atomic mass is 35.5. The zero-order valence-electron chi connectivity index (χ0n) is 10.8. The van der Waals surface area contributed by atoms with Crippen LogP contribution in [0.4, 0.5) is 0 Å². The van der Waals surface area contributed by atoms with Gasteiger partial charge in [0, 0.05) is 17.5 Å². The van der Waals surface area contributed by atoms with Gasteiger partial charge in [0.1, 0.15) is 4.90 Å². The van der Waals surface area contributed by atoms with Crippen LogP contribution in [-0.4, -0.2) is 23.7 Å². The van der Waals surface area contributed by atoms with E-state index in [1.807, 2.05) is 0 Å². The van der Waals surface area contributed by atoms with E-state index in [4.69, 9.17) is 27.7 Å². The van der Waals surface area contributed by atoms with Gasteiger partial charge in [-0.3, -0.25) is 0 Å². The molecule has 0 amide bonds. The first-order chi connectivity index (χ1) is 9.85. The summed E-state index contributed by atoms with van der Waals surface area (Å²) in [6, 6.07) is 2.61. The van der Waals surface area contributed by atoms with Gasteiger partial charge in [-0.05, 0) is 12.1 Å². The standard InChI is InChI=1S/C11H11Cl2N3O4S/c1-6-15-10(16-20-6)4-14-21(18,19)9-3-2-8(12)7(5-17)11(9)13/h2-3,14,17H,4-5H2,1H3. The van der Waals surface area contributed by atoms with Crippen LogP contribution in [0.5, 0.6) is 0 Å². The second kappa shape index (κ2) is 6.29. The van der Waals surface area contributed by atoms with Crippen molar-refractivity contribution < 1.29 is 18.0 Å². The third-order valence-electron chi connectivity index (χ3n) is 2.59. The first-order valence-corrected chi connectivity index (χ1v) is 7.95. The minimum Gasteiger partial charge on any atom is -0.392 e. The van der Waals surface area contributed by atoms with Gasteiger partial charge in [0.15, 0.2) is 5.82 Å². The summed E-state index contributed by atoms with van der Waals surface area (Å²) in [4.78, 5) is 3.70. The Morgan fingerprint density at radius 3 is 2.67 bits per heavy atom. The van der Waals surface area contributed by atoms with E-state index in [9.17, 15) is 13.5 Å². The quantitative estimate of drug-likeness (QED) is 0.848. The maximum atomic E-state index is 12.2. The fourth-order valence-electron chi connectivity index (χ4n) is 1.58. The Labute approximate surface area is 130 Å². The number of aromatic nitrogens is 2. The Hall–Kier alpha value is -1.19. The number of aryl methyl sites for hydroxylation is 1. The van der Waals surface area contributed by atoms with E-state index in [1.165, 1.54) is 12.1 Å². The second-order valence-corrected chi connectivity index (χ2v) is 6.57. The van der Waals surface area contributed by atoms with Crippen LogP contribution in [0.2, 0.25) is 10.0 Å². The molecule has 0 aliphatic carbocycles. The molecule has 0 saturated carbocycles. The molecule has 0 bridgehead atoms. The van der Waals surface area contributed by atoms with Crippen LogP contribution in [0.15, 0.2) is 21.6 Å². The summed E-state index contributed by atoms with van der Waals surface area (Å²) in [5.41, 5.74) is 0.150. The van der Waals surface area contributed by atoms with Crippen molar-refractivity contribution in [1.82, 2.24) is 14.9 Å². The molecule has 114 valence electrons. The molecule has 0 spiro atoms. The normalized spacial score (nSPS) is 11.8. The van der Waals surface area contributed by atoms with Crippen molar-refractivity contribution in [2.45, 2.75) is 25.0 Å². The summed E-state index contributed by atoms with van der Waals surface area (Å²) in [6.45, 7) is 0.979. The lowest BCUT2D eigenvalue weighted by atomic mass is 10.2. The molecule has 10 heteroatoms. The number of nitrogens with one attached hydrogen (secondary N) is 1. The smallest absolute Gasteiger partial charge is 0.242 e. The van der Waals surface area contributed by atoms with Crippen LogP contribution in [0.25, 0.3) is 0 Å². The van der Waals surface area contributed by atoms with E-state index in [2.05, 4.69) is 14.9 Å². The van der Waals surface area contributed by atoms with E-state index >= 15 is 0 Å². The molecule has 0 unspecified atom stereocenters. The lowest BCUT2D eigenvalue weighted by molar-refractivity contribution is 0.281. The molecule has 1 aromatic heterocycles. The molecule has 0 atom stereocenters. The fourth-order valence-corrected chi connectivity index (χ4v) is 3.45. The highest BCUT2D eigenvalue weighted by Gasteiger charge is 2.21. The molecule has 0 radical (unpaired) electrons. The number of nitrogens with zero attached hydrogens (tertiary/aromatic N) is 2. The monoisotopic (exact) mass is 351 g/mol. The zero-order chi connectivity index (χ0) is 15.6. The first-order valence-electron chi connectivity index (χ1n) is 5.71. The largest absolute Gasteiger partial charge is 0.392 e. The highest BCUT2D eigenvalue weighted by molar-refractivity contribution is 7.89. The van der Waals surface area contributed by atoms with Crippen LogP contribution in [0, 0.1) is 6.92 Å². The van der Waals surface area contributed by atoms with Crippen LogP contribution >= 0.6 is 23.2 Å². The summed E-state index contributed by atoms with van der Waals surface area (Å²) in [6.07, 6.45) is 0. The number of halogens is 2. The topological polar surface area (TPSA) is 105 Å². The number of hydrogen-bond donors (Lipinski definition) is 2. The molecule has 0 aliphatic rings. The minimum atomic E-state index is -3.90. The van der Waals surface area contributed by atoms with Crippen LogP contribution in [-0.2, 0) is 23.2 Å². The van der Waals surface area contributed by atoms with Gasteiger partial charge in [0.05, 0.1) is 18.2 Å². The van der Waals surface area contributed by atoms with Crippen molar-refractivity contribution in [1.29, 1.82) is 0 Å². The molecule has 21 heavy (non-hydrogen) atoms. The number of hydrogen-bond acceptors (Lipinski definition) is 6. The van der Waals surface area contributed by atoms with E-state index in [1.54, 1.807) is 6.92 Å². The van der Waals surface area contributed by atoms with Crippen molar-refractivity contribution in [2.24, 2.45) is 0 Å². The maximum Gasteiger partial charge on any atom is 0.242 e. The van der Waals surface area contributed by atoms with Gasteiger partial charge in [-0.2, -0.15) is 4.98 Å². The average Bonchev–Trinajstić information content (AvgIpc) is 2.83. The summed E-state index contributed by atoms with van der Waals surface area (Å²) in [5, 5.41) is 12.8. The predicted octanol–water partition coefficient (Wildman–Crippen LogP) is 1.66. The van der Waals surface area contributed by atoms with Gasteiger partial charge in [-0.25, -0.2) is 13.1 Å². The molecule has 0 fully saturated rings. The van der Waals surface area contributed by atoms with Gasteiger partial charge in [0.2, 0.25) is 15.9 Å².